The van der Waals surface area contributed by atoms with Crippen LogP contribution in [0.5, 0.6) is 5.75 Å². The highest BCUT2D eigenvalue weighted by Gasteiger charge is 2.09. The maximum atomic E-state index is 6.21. The highest BCUT2D eigenvalue weighted by Crippen LogP contribution is 2.18. The van der Waals surface area contributed by atoms with Crippen LogP contribution < -0.4 is 10.5 Å². The van der Waals surface area contributed by atoms with Gasteiger partial charge in [0.25, 0.3) is 0 Å². The maximum Gasteiger partial charge on any atom is 0.118 e. The average molecular weight is 245 g/mol. The van der Waals surface area contributed by atoms with E-state index in [4.69, 9.17) is 10.5 Å². The lowest BCUT2D eigenvalue weighted by molar-refractivity contribution is 0.414. The Morgan fingerprint density at radius 2 is 1.94 bits per heavy atom. The van der Waals surface area contributed by atoms with Crippen LogP contribution in [0.4, 0.5) is 0 Å². The summed E-state index contributed by atoms with van der Waals surface area (Å²) in [6, 6.07) is 7.83. The van der Waals surface area contributed by atoms with Crippen LogP contribution in [0.1, 0.15) is 23.0 Å². The zero-order chi connectivity index (χ0) is 13.1. The number of benzene rings is 1. The number of aromatic nitrogens is 2. The number of imidazole rings is 1. The van der Waals surface area contributed by atoms with Gasteiger partial charge in [0, 0.05) is 18.3 Å². The molecule has 4 nitrogen and oxygen atoms in total. The van der Waals surface area contributed by atoms with Crippen molar-refractivity contribution in [2.75, 3.05) is 7.11 Å². The molecule has 1 heterocycles. The van der Waals surface area contributed by atoms with Gasteiger partial charge in [0.15, 0.2) is 0 Å². The molecule has 0 saturated carbocycles. The molecule has 0 spiro atoms. The Kier molecular flexibility index (Phi) is 3.67. The smallest absolute Gasteiger partial charge is 0.118 e. The van der Waals surface area contributed by atoms with Gasteiger partial charge in [0.1, 0.15) is 5.75 Å². The molecule has 96 valence electrons. The quantitative estimate of drug-likeness (QED) is 0.898. The molecule has 0 amide bonds. The van der Waals surface area contributed by atoms with Gasteiger partial charge >= 0.3 is 0 Å². The number of hydrogen-bond acceptors (Lipinski definition) is 3. The van der Waals surface area contributed by atoms with Crippen molar-refractivity contribution in [1.29, 1.82) is 0 Å². The van der Waals surface area contributed by atoms with Crippen molar-refractivity contribution in [1.82, 2.24) is 9.55 Å². The van der Waals surface area contributed by atoms with Gasteiger partial charge in [-0.1, -0.05) is 12.1 Å². The number of nitrogens with zero attached hydrogens (tertiary/aromatic N) is 2. The standard InChI is InChI=1S/C14H19N3O/c1-10-11(2)17(9-16-10)8-14(15)12-4-6-13(18-3)7-5-12/h4-7,9,14H,8,15H2,1-3H3. The molecule has 0 radical (unpaired) electrons. The monoisotopic (exact) mass is 245 g/mol. The molecule has 1 atom stereocenters. The van der Waals surface area contributed by atoms with E-state index in [1.807, 2.05) is 37.5 Å². The highest BCUT2D eigenvalue weighted by molar-refractivity contribution is 5.29. The fourth-order valence-corrected chi connectivity index (χ4v) is 1.90. The van der Waals surface area contributed by atoms with Gasteiger partial charge < -0.3 is 15.0 Å². The topological polar surface area (TPSA) is 53.1 Å². The lowest BCUT2D eigenvalue weighted by Crippen LogP contribution is -2.17. The molecule has 0 saturated heterocycles. The second-order valence-electron chi connectivity index (χ2n) is 4.45. The predicted molar refractivity (Wildman–Crippen MR) is 71.6 cm³/mol. The molecule has 4 heteroatoms. The van der Waals surface area contributed by atoms with E-state index < -0.39 is 0 Å². The minimum absolute atomic E-state index is 0.0387. The average Bonchev–Trinajstić information content (AvgIpc) is 2.71. The van der Waals surface area contributed by atoms with Crippen molar-refractivity contribution in [3.8, 4) is 5.75 Å². The maximum absolute atomic E-state index is 6.21. The summed E-state index contributed by atoms with van der Waals surface area (Å²) in [6.45, 7) is 4.80. The van der Waals surface area contributed by atoms with Crippen LogP contribution >= 0.6 is 0 Å². The number of hydrogen-bond donors (Lipinski definition) is 1. The molecular formula is C14H19N3O. The Hall–Kier alpha value is -1.81. The van der Waals surface area contributed by atoms with E-state index in [9.17, 15) is 0 Å². The van der Waals surface area contributed by atoms with E-state index >= 15 is 0 Å². The molecule has 18 heavy (non-hydrogen) atoms. The Bertz CT molecular complexity index is 516. The van der Waals surface area contributed by atoms with Crippen molar-refractivity contribution in [3.05, 3.63) is 47.5 Å². The molecule has 1 unspecified atom stereocenters. The molecule has 0 aliphatic rings. The third-order valence-corrected chi connectivity index (χ3v) is 3.28. The molecular weight excluding hydrogens is 226 g/mol. The summed E-state index contributed by atoms with van der Waals surface area (Å²) < 4.78 is 7.22. The summed E-state index contributed by atoms with van der Waals surface area (Å²) >= 11 is 0. The first-order valence-corrected chi connectivity index (χ1v) is 5.99. The third kappa shape index (κ3) is 2.54. The van der Waals surface area contributed by atoms with Crippen LogP contribution in [-0.2, 0) is 6.54 Å². The lowest BCUT2D eigenvalue weighted by Gasteiger charge is -2.14. The van der Waals surface area contributed by atoms with Gasteiger partial charge in [-0.3, -0.25) is 0 Å². The van der Waals surface area contributed by atoms with Gasteiger partial charge in [0.2, 0.25) is 0 Å². The minimum atomic E-state index is -0.0387. The number of nitrogens with two attached hydrogens (primary N) is 1. The van der Waals surface area contributed by atoms with Crippen molar-refractivity contribution < 1.29 is 4.74 Å². The van der Waals surface area contributed by atoms with E-state index in [0.717, 1.165) is 23.6 Å². The summed E-state index contributed by atoms with van der Waals surface area (Å²) in [7, 11) is 1.66. The predicted octanol–water partition coefficient (Wildman–Crippen LogP) is 2.21. The molecule has 1 aromatic carbocycles. The van der Waals surface area contributed by atoms with Crippen LogP contribution in [0.3, 0.4) is 0 Å². The van der Waals surface area contributed by atoms with Gasteiger partial charge in [-0.25, -0.2) is 4.98 Å². The van der Waals surface area contributed by atoms with Crippen molar-refractivity contribution in [3.63, 3.8) is 0 Å². The second-order valence-corrected chi connectivity index (χ2v) is 4.45. The SMILES string of the molecule is COc1ccc(C(N)Cn2cnc(C)c2C)cc1. The van der Waals surface area contributed by atoms with E-state index in [0.29, 0.717) is 0 Å². The number of rotatable bonds is 4. The molecule has 0 aliphatic heterocycles. The zero-order valence-electron chi connectivity index (χ0n) is 11.1. The molecule has 0 aliphatic carbocycles. The molecule has 0 fully saturated rings. The first-order valence-electron chi connectivity index (χ1n) is 5.99. The Morgan fingerprint density at radius 3 is 2.44 bits per heavy atom. The number of aryl methyl sites for hydroxylation is 1. The molecule has 2 N–H and O–H groups in total. The summed E-state index contributed by atoms with van der Waals surface area (Å²) in [5.74, 6) is 0.848. The second kappa shape index (κ2) is 5.23. The molecule has 0 bridgehead atoms. The van der Waals surface area contributed by atoms with Crippen LogP contribution in [-0.4, -0.2) is 16.7 Å². The van der Waals surface area contributed by atoms with Gasteiger partial charge in [-0.2, -0.15) is 0 Å². The molecule has 1 aromatic heterocycles. The van der Waals surface area contributed by atoms with Crippen LogP contribution in [0.2, 0.25) is 0 Å². The van der Waals surface area contributed by atoms with E-state index in [1.54, 1.807) is 7.11 Å². The molecule has 2 rings (SSSR count). The summed E-state index contributed by atoms with van der Waals surface area (Å²) in [5, 5.41) is 0. The minimum Gasteiger partial charge on any atom is -0.497 e. The first kappa shape index (κ1) is 12.6. The third-order valence-electron chi connectivity index (χ3n) is 3.28. The van der Waals surface area contributed by atoms with Crippen LogP contribution in [0.25, 0.3) is 0 Å². The lowest BCUT2D eigenvalue weighted by atomic mass is 10.1. The molecule has 2 aromatic rings. The number of ether oxygens (including phenoxy) is 1. The normalized spacial score (nSPS) is 12.4. The van der Waals surface area contributed by atoms with Crippen LogP contribution in [0.15, 0.2) is 30.6 Å². The Balaban J connectivity index is 2.11. The summed E-state index contributed by atoms with van der Waals surface area (Å²) in [6.07, 6.45) is 1.84. The Labute approximate surface area is 107 Å². The van der Waals surface area contributed by atoms with Gasteiger partial charge in [-0.05, 0) is 31.5 Å². The van der Waals surface area contributed by atoms with Crippen molar-refractivity contribution in [2.45, 2.75) is 26.4 Å². The van der Waals surface area contributed by atoms with Crippen molar-refractivity contribution >= 4 is 0 Å². The van der Waals surface area contributed by atoms with E-state index in [2.05, 4.69) is 16.5 Å². The van der Waals surface area contributed by atoms with Gasteiger partial charge in [-0.15, -0.1) is 0 Å². The fraction of sp³-hybridized carbons (Fsp3) is 0.357. The largest absolute Gasteiger partial charge is 0.497 e. The Morgan fingerprint density at radius 1 is 1.28 bits per heavy atom. The summed E-state index contributed by atoms with van der Waals surface area (Å²) in [4.78, 5) is 4.28. The van der Waals surface area contributed by atoms with Crippen LogP contribution in [0, 0.1) is 13.8 Å². The first-order chi connectivity index (χ1) is 8.61. The summed E-state index contributed by atoms with van der Waals surface area (Å²) in [5.41, 5.74) is 9.52. The van der Waals surface area contributed by atoms with Gasteiger partial charge in [0.05, 0.1) is 19.1 Å². The fourth-order valence-electron chi connectivity index (χ4n) is 1.90. The van der Waals surface area contributed by atoms with Crippen molar-refractivity contribution in [2.24, 2.45) is 5.73 Å². The highest BCUT2D eigenvalue weighted by atomic mass is 16.5. The van der Waals surface area contributed by atoms with E-state index in [-0.39, 0.29) is 6.04 Å². The zero-order valence-corrected chi connectivity index (χ0v) is 11.1. The van der Waals surface area contributed by atoms with E-state index in [1.165, 1.54) is 5.69 Å². The number of methoxy groups -OCH3 is 1.